The van der Waals surface area contributed by atoms with Crippen molar-refractivity contribution in [3.05, 3.63) is 188 Å². The minimum atomic E-state index is 0.881. The van der Waals surface area contributed by atoms with Gasteiger partial charge in [0.1, 0.15) is 17.0 Å². The van der Waals surface area contributed by atoms with Crippen molar-refractivity contribution < 1.29 is 4.42 Å². The smallest absolute Gasteiger partial charge is 0.138 e. The summed E-state index contributed by atoms with van der Waals surface area (Å²) in [4.78, 5) is 5.34. The summed E-state index contributed by atoms with van der Waals surface area (Å²) in [5, 5.41) is 8.23. The largest absolute Gasteiger partial charge is 0.456 e. The number of rotatable bonds is 4. The molecule has 12 rings (SSSR count). The van der Waals surface area contributed by atoms with Crippen LogP contribution in [0.15, 0.2) is 192 Å². The molecule has 4 aromatic heterocycles. The number of pyridine rings is 1. The van der Waals surface area contributed by atoms with Gasteiger partial charge >= 0.3 is 0 Å². The first-order valence-electron chi connectivity index (χ1n) is 18.7. The molecule has 0 saturated carbocycles. The van der Waals surface area contributed by atoms with Crippen molar-refractivity contribution >= 4 is 76.5 Å². The molecule has 0 aliphatic heterocycles. The van der Waals surface area contributed by atoms with Crippen molar-refractivity contribution in [3.63, 3.8) is 0 Å². The van der Waals surface area contributed by atoms with E-state index in [2.05, 4.69) is 185 Å². The third kappa shape index (κ3) is 4.43. The summed E-state index contributed by atoms with van der Waals surface area (Å²) in [6, 6.07) is 67.2. The fourth-order valence-electron chi connectivity index (χ4n) is 8.90. The van der Waals surface area contributed by atoms with E-state index in [0.717, 1.165) is 66.5 Å². The minimum Gasteiger partial charge on any atom is -0.456 e. The Morgan fingerprint density at radius 2 is 0.982 bits per heavy atom. The summed E-state index contributed by atoms with van der Waals surface area (Å²) in [6.45, 7) is 0. The number of nitrogens with zero attached hydrogens (tertiary/aromatic N) is 3. The fraction of sp³-hybridized carbons (Fsp3) is 0. The predicted octanol–water partition coefficient (Wildman–Crippen LogP) is 13.7. The second-order valence-electron chi connectivity index (χ2n) is 14.3. The Bertz CT molecular complexity index is 3490. The van der Waals surface area contributed by atoms with Gasteiger partial charge in [0.2, 0.25) is 0 Å². The van der Waals surface area contributed by atoms with E-state index in [4.69, 9.17) is 9.40 Å². The molecule has 55 heavy (non-hydrogen) atoms. The topological polar surface area (TPSA) is 35.9 Å². The summed E-state index contributed by atoms with van der Waals surface area (Å²) in [6.07, 6.45) is 0. The van der Waals surface area contributed by atoms with Crippen LogP contribution in [-0.4, -0.2) is 14.1 Å². The van der Waals surface area contributed by atoms with Crippen LogP contribution in [0.3, 0.4) is 0 Å². The Morgan fingerprint density at radius 3 is 1.84 bits per heavy atom. The van der Waals surface area contributed by atoms with E-state index in [-0.39, 0.29) is 0 Å². The quantitative estimate of drug-likeness (QED) is 0.183. The Morgan fingerprint density at radius 1 is 0.364 bits per heavy atom. The second kappa shape index (κ2) is 11.5. The van der Waals surface area contributed by atoms with E-state index in [1.165, 1.54) is 43.7 Å². The highest BCUT2D eigenvalue weighted by Gasteiger charge is 2.20. The zero-order valence-corrected chi connectivity index (χ0v) is 29.6. The van der Waals surface area contributed by atoms with E-state index < -0.39 is 0 Å². The summed E-state index contributed by atoms with van der Waals surface area (Å²) in [7, 11) is 0. The molecular weight excluding hydrogens is 671 g/mol. The molecule has 0 bridgehead atoms. The first kappa shape index (κ1) is 30.1. The van der Waals surface area contributed by atoms with Crippen LogP contribution in [0, 0.1) is 0 Å². The number of hydrogen-bond donors (Lipinski definition) is 0. The van der Waals surface area contributed by atoms with Gasteiger partial charge in [-0.05, 0) is 89.0 Å². The van der Waals surface area contributed by atoms with Crippen LogP contribution < -0.4 is 0 Å². The molecule has 12 aromatic rings. The van der Waals surface area contributed by atoms with Gasteiger partial charge in [0, 0.05) is 43.4 Å². The molecule has 4 nitrogen and oxygen atoms in total. The summed E-state index contributed by atoms with van der Waals surface area (Å²) in [5.41, 5.74) is 13.1. The Balaban J connectivity index is 1.08. The summed E-state index contributed by atoms with van der Waals surface area (Å²) in [5.74, 6) is 0.881. The lowest BCUT2D eigenvalue weighted by molar-refractivity contribution is 0.669. The number of furan rings is 1. The van der Waals surface area contributed by atoms with Crippen LogP contribution in [0.2, 0.25) is 0 Å². The highest BCUT2D eigenvalue weighted by atomic mass is 16.3. The Labute approximate surface area is 315 Å². The number of para-hydroxylation sites is 5. The monoisotopic (exact) mass is 701 g/mol. The molecule has 0 aliphatic carbocycles. The minimum absolute atomic E-state index is 0.881. The van der Waals surface area contributed by atoms with Crippen molar-refractivity contribution in [3.8, 4) is 33.8 Å². The van der Waals surface area contributed by atoms with Crippen LogP contribution in [0.5, 0.6) is 0 Å². The molecule has 0 N–H and O–H groups in total. The first-order chi connectivity index (χ1) is 27.3. The first-order valence-corrected chi connectivity index (χ1v) is 18.7. The highest BCUT2D eigenvalue weighted by molar-refractivity contribution is 6.16. The fourth-order valence-corrected chi connectivity index (χ4v) is 8.90. The van der Waals surface area contributed by atoms with Gasteiger partial charge in [0.25, 0.3) is 0 Å². The van der Waals surface area contributed by atoms with Crippen LogP contribution in [0.4, 0.5) is 0 Å². The standard InChI is InChI=1S/C51H31N3O/c1-2-13-34(14-3-1)53-44-21-9-5-16-36(44)38-27-25-33(30-47(38)53)32-26-28-46-42(29-32)37-17-6-10-22-45(37)54(46)50-31-41(35-15-4-8-20-43(35)52-50)39-19-12-24-49-51(39)40-18-7-11-23-48(40)55-49/h1-31H. The summed E-state index contributed by atoms with van der Waals surface area (Å²) < 4.78 is 11.0. The van der Waals surface area contributed by atoms with Crippen molar-refractivity contribution in [2.75, 3.05) is 0 Å². The molecule has 0 amide bonds. The van der Waals surface area contributed by atoms with E-state index in [9.17, 15) is 0 Å². The molecule has 0 unspecified atom stereocenters. The third-order valence-corrected chi connectivity index (χ3v) is 11.3. The summed E-state index contributed by atoms with van der Waals surface area (Å²) >= 11 is 0. The maximum Gasteiger partial charge on any atom is 0.138 e. The molecule has 0 saturated heterocycles. The average molecular weight is 702 g/mol. The molecule has 0 atom stereocenters. The van der Waals surface area contributed by atoms with E-state index in [1.54, 1.807) is 0 Å². The zero-order valence-electron chi connectivity index (χ0n) is 29.6. The van der Waals surface area contributed by atoms with Gasteiger partial charge < -0.3 is 8.98 Å². The van der Waals surface area contributed by atoms with Gasteiger partial charge in [-0.2, -0.15) is 0 Å². The van der Waals surface area contributed by atoms with Gasteiger partial charge in [0.05, 0.1) is 27.6 Å². The average Bonchev–Trinajstić information content (AvgIpc) is 3.91. The second-order valence-corrected chi connectivity index (χ2v) is 14.3. The molecule has 8 aromatic carbocycles. The normalized spacial score (nSPS) is 12.0. The number of aromatic nitrogens is 3. The molecule has 0 fully saturated rings. The third-order valence-electron chi connectivity index (χ3n) is 11.3. The van der Waals surface area contributed by atoms with Crippen LogP contribution in [0.25, 0.3) is 110 Å². The van der Waals surface area contributed by atoms with Crippen molar-refractivity contribution in [1.29, 1.82) is 0 Å². The van der Waals surface area contributed by atoms with Crippen molar-refractivity contribution in [1.82, 2.24) is 14.1 Å². The Hall–Kier alpha value is -7.43. The number of hydrogen-bond acceptors (Lipinski definition) is 2. The predicted molar refractivity (Wildman–Crippen MR) is 229 cm³/mol. The maximum absolute atomic E-state index is 6.34. The number of fused-ring (bicyclic) bond motifs is 10. The molecule has 0 radical (unpaired) electrons. The van der Waals surface area contributed by atoms with Gasteiger partial charge in [-0.15, -0.1) is 0 Å². The van der Waals surface area contributed by atoms with Crippen molar-refractivity contribution in [2.45, 2.75) is 0 Å². The lowest BCUT2D eigenvalue weighted by atomic mass is 9.96. The molecule has 0 aliphatic rings. The maximum atomic E-state index is 6.34. The molecular formula is C51H31N3O. The number of benzene rings is 8. The molecule has 256 valence electrons. The molecule has 4 heteroatoms. The van der Waals surface area contributed by atoms with Gasteiger partial charge in [-0.3, -0.25) is 4.57 Å². The van der Waals surface area contributed by atoms with Crippen LogP contribution in [-0.2, 0) is 0 Å². The lowest BCUT2D eigenvalue weighted by Gasteiger charge is -2.14. The van der Waals surface area contributed by atoms with E-state index >= 15 is 0 Å². The van der Waals surface area contributed by atoms with Gasteiger partial charge in [-0.1, -0.05) is 121 Å². The van der Waals surface area contributed by atoms with E-state index in [0.29, 0.717) is 0 Å². The lowest BCUT2D eigenvalue weighted by Crippen LogP contribution is -1.99. The highest BCUT2D eigenvalue weighted by Crippen LogP contribution is 2.42. The van der Waals surface area contributed by atoms with Gasteiger partial charge in [-0.25, -0.2) is 4.98 Å². The molecule has 0 spiro atoms. The molecule has 4 heterocycles. The zero-order chi connectivity index (χ0) is 36.0. The van der Waals surface area contributed by atoms with Crippen LogP contribution in [0.1, 0.15) is 0 Å². The Kier molecular flexibility index (Phi) is 6.31. The SMILES string of the molecule is c1ccc(-n2c3ccccc3c3ccc(-c4ccc5c(c4)c4ccccc4n5-c4cc(-c5cccc6oc7ccccc7c56)c5ccccc5n4)cc32)cc1. The van der Waals surface area contributed by atoms with Gasteiger partial charge in [0.15, 0.2) is 0 Å². The van der Waals surface area contributed by atoms with Crippen molar-refractivity contribution in [2.24, 2.45) is 0 Å². The van der Waals surface area contributed by atoms with E-state index in [1.807, 2.05) is 12.1 Å². The van der Waals surface area contributed by atoms with Crippen LogP contribution >= 0.6 is 0 Å².